The molecule has 0 atom stereocenters. The summed E-state index contributed by atoms with van der Waals surface area (Å²) in [6, 6.07) is 0. The van der Waals surface area contributed by atoms with E-state index in [1.54, 1.807) is 11.9 Å². The normalized spacial score (nSPS) is 10.5. The van der Waals surface area contributed by atoms with Gasteiger partial charge in [0.05, 0.1) is 4.99 Å². The van der Waals surface area contributed by atoms with Crippen molar-refractivity contribution in [3.63, 3.8) is 0 Å². The SMILES string of the molecule is CC(C)CCOCC(=O)N(C)CCC(N)=S. The number of likely N-dealkylation sites (N-methyl/N-ethyl adjacent to an activating group) is 1. The van der Waals surface area contributed by atoms with Gasteiger partial charge in [-0.25, -0.2) is 0 Å². The number of thiocarbonyl (C=S) groups is 1. The zero-order chi connectivity index (χ0) is 12.6. The maximum atomic E-state index is 11.5. The highest BCUT2D eigenvalue weighted by atomic mass is 32.1. The lowest BCUT2D eigenvalue weighted by atomic mass is 10.1. The third-order valence-electron chi connectivity index (χ3n) is 2.18. The Morgan fingerprint density at radius 3 is 2.62 bits per heavy atom. The first-order valence-electron chi connectivity index (χ1n) is 5.53. The molecule has 0 saturated heterocycles. The van der Waals surface area contributed by atoms with Gasteiger partial charge in [0.25, 0.3) is 0 Å². The molecular formula is C11H22N2O2S. The molecule has 0 saturated carbocycles. The van der Waals surface area contributed by atoms with E-state index in [9.17, 15) is 4.79 Å². The third-order valence-corrected chi connectivity index (χ3v) is 2.39. The van der Waals surface area contributed by atoms with Crippen molar-refractivity contribution >= 4 is 23.1 Å². The molecule has 0 rings (SSSR count). The number of ether oxygens (including phenoxy) is 1. The first-order valence-corrected chi connectivity index (χ1v) is 5.94. The minimum atomic E-state index is -0.0278. The van der Waals surface area contributed by atoms with Crippen molar-refractivity contribution in [3.8, 4) is 0 Å². The van der Waals surface area contributed by atoms with Gasteiger partial charge in [-0.2, -0.15) is 0 Å². The minimum absolute atomic E-state index is 0.0278. The Kier molecular flexibility index (Phi) is 8.11. The number of nitrogens with two attached hydrogens (primary N) is 1. The number of hydrogen-bond acceptors (Lipinski definition) is 3. The fraction of sp³-hybridized carbons (Fsp3) is 0.818. The number of carbonyl (C=O) groups excluding carboxylic acids is 1. The first-order chi connectivity index (χ1) is 7.43. The van der Waals surface area contributed by atoms with Gasteiger partial charge < -0.3 is 15.4 Å². The van der Waals surface area contributed by atoms with E-state index in [-0.39, 0.29) is 12.5 Å². The van der Waals surface area contributed by atoms with Crippen molar-refractivity contribution in [2.75, 3.05) is 26.8 Å². The molecule has 5 heteroatoms. The largest absolute Gasteiger partial charge is 0.393 e. The van der Waals surface area contributed by atoms with Crippen LogP contribution in [0.2, 0.25) is 0 Å². The molecule has 0 aromatic rings. The van der Waals surface area contributed by atoms with Crippen molar-refractivity contribution in [2.45, 2.75) is 26.7 Å². The van der Waals surface area contributed by atoms with E-state index in [4.69, 9.17) is 22.7 Å². The van der Waals surface area contributed by atoms with Crippen LogP contribution in [0, 0.1) is 5.92 Å². The van der Waals surface area contributed by atoms with Gasteiger partial charge in [-0.3, -0.25) is 4.79 Å². The van der Waals surface area contributed by atoms with E-state index < -0.39 is 0 Å². The second kappa shape index (κ2) is 8.47. The van der Waals surface area contributed by atoms with Gasteiger partial charge >= 0.3 is 0 Å². The van der Waals surface area contributed by atoms with Gasteiger partial charge in [-0.15, -0.1) is 0 Å². The topological polar surface area (TPSA) is 55.6 Å². The smallest absolute Gasteiger partial charge is 0.248 e. The first kappa shape index (κ1) is 15.3. The number of hydrogen-bond donors (Lipinski definition) is 1. The summed E-state index contributed by atoms with van der Waals surface area (Å²) in [5, 5.41) is 0. The van der Waals surface area contributed by atoms with Crippen LogP contribution >= 0.6 is 12.2 Å². The highest BCUT2D eigenvalue weighted by Crippen LogP contribution is 1.99. The van der Waals surface area contributed by atoms with E-state index in [0.717, 1.165) is 6.42 Å². The van der Waals surface area contributed by atoms with E-state index >= 15 is 0 Å². The summed E-state index contributed by atoms with van der Waals surface area (Å²) < 4.78 is 5.28. The highest BCUT2D eigenvalue weighted by molar-refractivity contribution is 7.80. The molecular weight excluding hydrogens is 224 g/mol. The monoisotopic (exact) mass is 246 g/mol. The van der Waals surface area contributed by atoms with Gasteiger partial charge in [0.2, 0.25) is 5.91 Å². The van der Waals surface area contributed by atoms with Crippen LogP contribution in [-0.4, -0.2) is 42.6 Å². The van der Waals surface area contributed by atoms with Crippen LogP contribution in [-0.2, 0) is 9.53 Å². The average molecular weight is 246 g/mol. The molecule has 0 aliphatic rings. The van der Waals surface area contributed by atoms with Crippen LogP contribution in [0.5, 0.6) is 0 Å². The summed E-state index contributed by atoms with van der Waals surface area (Å²) in [6.07, 6.45) is 1.54. The van der Waals surface area contributed by atoms with E-state index in [0.29, 0.717) is 30.5 Å². The molecule has 0 aromatic heterocycles. The lowest BCUT2D eigenvalue weighted by Crippen LogP contribution is -2.33. The third kappa shape index (κ3) is 8.61. The lowest BCUT2D eigenvalue weighted by Gasteiger charge is -2.16. The Balaban J connectivity index is 3.59. The summed E-state index contributed by atoms with van der Waals surface area (Å²) >= 11 is 4.74. The Hall–Kier alpha value is -0.680. The molecule has 0 radical (unpaired) electrons. The van der Waals surface area contributed by atoms with Crippen LogP contribution in [0.15, 0.2) is 0 Å². The molecule has 1 amide bonds. The molecule has 4 nitrogen and oxygen atoms in total. The maximum Gasteiger partial charge on any atom is 0.248 e. The zero-order valence-corrected chi connectivity index (χ0v) is 11.2. The maximum absolute atomic E-state index is 11.5. The van der Waals surface area contributed by atoms with Gasteiger partial charge in [-0.05, 0) is 12.3 Å². The minimum Gasteiger partial charge on any atom is -0.393 e. The number of carbonyl (C=O) groups is 1. The van der Waals surface area contributed by atoms with Crippen LogP contribution in [0.25, 0.3) is 0 Å². The van der Waals surface area contributed by atoms with E-state index in [1.807, 2.05) is 0 Å². The Morgan fingerprint density at radius 1 is 1.50 bits per heavy atom. The van der Waals surface area contributed by atoms with Gasteiger partial charge in [-0.1, -0.05) is 26.1 Å². The second-order valence-corrected chi connectivity index (χ2v) is 4.79. The van der Waals surface area contributed by atoms with E-state index in [2.05, 4.69) is 13.8 Å². The Bertz CT molecular complexity index is 232. The van der Waals surface area contributed by atoms with Crippen LogP contribution in [0.4, 0.5) is 0 Å². The van der Waals surface area contributed by atoms with Crippen LogP contribution in [0.1, 0.15) is 26.7 Å². The molecule has 0 spiro atoms. The van der Waals surface area contributed by atoms with Crippen molar-refractivity contribution in [1.29, 1.82) is 0 Å². The Labute approximate surface area is 103 Å². The standard InChI is InChI=1S/C11H22N2O2S/c1-9(2)5-7-15-8-11(14)13(3)6-4-10(12)16/h9H,4-8H2,1-3H3,(H2,12,16). The summed E-state index contributed by atoms with van der Waals surface area (Å²) in [5.74, 6) is 0.572. The van der Waals surface area contributed by atoms with Crippen LogP contribution in [0.3, 0.4) is 0 Å². The van der Waals surface area contributed by atoms with Crippen molar-refractivity contribution in [2.24, 2.45) is 11.7 Å². The molecule has 0 aliphatic heterocycles. The fourth-order valence-corrected chi connectivity index (χ4v) is 1.08. The number of nitrogens with zero attached hydrogens (tertiary/aromatic N) is 1. The van der Waals surface area contributed by atoms with Gasteiger partial charge in [0.15, 0.2) is 0 Å². The average Bonchev–Trinajstić information content (AvgIpc) is 2.20. The van der Waals surface area contributed by atoms with Gasteiger partial charge in [0.1, 0.15) is 6.61 Å². The quantitative estimate of drug-likeness (QED) is 0.516. The summed E-state index contributed by atoms with van der Waals surface area (Å²) in [7, 11) is 1.73. The highest BCUT2D eigenvalue weighted by Gasteiger charge is 2.08. The lowest BCUT2D eigenvalue weighted by molar-refractivity contribution is -0.134. The van der Waals surface area contributed by atoms with Crippen molar-refractivity contribution in [3.05, 3.63) is 0 Å². The van der Waals surface area contributed by atoms with Gasteiger partial charge in [0, 0.05) is 26.6 Å². The molecule has 0 fully saturated rings. The Morgan fingerprint density at radius 2 is 2.12 bits per heavy atom. The molecule has 0 heterocycles. The van der Waals surface area contributed by atoms with Crippen LogP contribution < -0.4 is 5.73 Å². The summed E-state index contributed by atoms with van der Waals surface area (Å²) in [6.45, 7) is 5.58. The molecule has 0 bridgehead atoms. The summed E-state index contributed by atoms with van der Waals surface area (Å²) in [4.78, 5) is 13.5. The number of rotatable bonds is 8. The fourth-order valence-electron chi connectivity index (χ4n) is 0.991. The second-order valence-electron chi connectivity index (χ2n) is 4.27. The molecule has 0 aliphatic carbocycles. The van der Waals surface area contributed by atoms with Crippen molar-refractivity contribution in [1.82, 2.24) is 4.90 Å². The zero-order valence-electron chi connectivity index (χ0n) is 10.4. The molecule has 0 aromatic carbocycles. The number of amides is 1. The molecule has 0 unspecified atom stereocenters. The predicted octanol–water partition coefficient (Wildman–Crippen LogP) is 1.18. The predicted molar refractivity (Wildman–Crippen MR) is 69.3 cm³/mol. The summed E-state index contributed by atoms with van der Waals surface area (Å²) in [5.41, 5.74) is 5.36. The molecule has 94 valence electrons. The van der Waals surface area contributed by atoms with Crippen molar-refractivity contribution < 1.29 is 9.53 Å². The molecule has 16 heavy (non-hydrogen) atoms. The van der Waals surface area contributed by atoms with E-state index in [1.165, 1.54) is 0 Å². The molecule has 2 N–H and O–H groups in total.